The van der Waals surface area contributed by atoms with Gasteiger partial charge in [-0.3, -0.25) is 4.55 Å². The first kappa shape index (κ1) is 13.0. The van der Waals surface area contributed by atoms with E-state index in [4.69, 9.17) is 14.0 Å². The SMILES string of the molecule is CC(OCCOc1ccccc1)S(=O)(=O)O. The Morgan fingerprint density at radius 2 is 1.88 bits per heavy atom. The van der Waals surface area contributed by atoms with Gasteiger partial charge in [-0.15, -0.1) is 0 Å². The zero-order chi connectivity index (χ0) is 12.0. The Balaban J connectivity index is 2.23. The summed E-state index contributed by atoms with van der Waals surface area (Å²) in [6, 6.07) is 9.09. The Labute approximate surface area is 94.7 Å². The van der Waals surface area contributed by atoms with Gasteiger partial charge in [0.25, 0.3) is 10.1 Å². The van der Waals surface area contributed by atoms with Crippen LogP contribution in [0, 0.1) is 0 Å². The number of benzene rings is 1. The zero-order valence-electron chi connectivity index (χ0n) is 8.87. The highest BCUT2D eigenvalue weighted by Crippen LogP contribution is 2.08. The van der Waals surface area contributed by atoms with Crippen LogP contribution < -0.4 is 4.74 Å². The smallest absolute Gasteiger partial charge is 0.291 e. The molecule has 1 rings (SSSR count). The van der Waals surface area contributed by atoms with Gasteiger partial charge in [0.05, 0.1) is 6.61 Å². The molecule has 0 fully saturated rings. The highest BCUT2D eigenvalue weighted by Gasteiger charge is 2.16. The molecule has 0 heterocycles. The molecule has 1 N–H and O–H groups in total. The van der Waals surface area contributed by atoms with Gasteiger partial charge in [0.1, 0.15) is 12.4 Å². The predicted octanol–water partition coefficient (Wildman–Crippen LogP) is 1.32. The first-order valence-electron chi connectivity index (χ1n) is 4.76. The number of hydrogen-bond acceptors (Lipinski definition) is 4. The van der Waals surface area contributed by atoms with Crippen LogP contribution in [-0.2, 0) is 14.9 Å². The summed E-state index contributed by atoms with van der Waals surface area (Å²) in [5.41, 5.74) is -1.23. The van der Waals surface area contributed by atoms with Gasteiger partial charge < -0.3 is 9.47 Å². The molecule has 6 heteroatoms. The third kappa shape index (κ3) is 4.61. The zero-order valence-corrected chi connectivity index (χ0v) is 9.68. The van der Waals surface area contributed by atoms with Crippen molar-refractivity contribution >= 4 is 10.1 Å². The summed E-state index contributed by atoms with van der Waals surface area (Å²) in [6.07, 6.45) is 0. The summed E-state index contributed by atoms with van der Waals surface area (Å²) >= 11 is 0. The van der Waals surface area contributed by atoms with Gasteiger partial charge in [-0.2, -0.15) is 8.42 Å². The Hall–Kier alpha value is -1.11. The van der Waals surface area contributed by atoms with Crippen molar-refractivity contribution in [3.63, 3.8) is 0 Å². The van der Waals surface area contributed by atoms with Gasteiger partial charge in [-0.25, -0.2) is 0 Å². The summed E-state index contributed by atoms with van der Waals surface area (Å²) in [7, 11) is -4.13. The maximum Gasteiger partial charge on any atom is 0.291 e. The third-order valence-corrected chi connectivity index (χ3v) is 2.84. The molecule has 1 atom stereocenters. The minimum atomic E-state index is -4.13. The molecule has 5 nitrogen and oxygen atoms in total. The molecule has 0 aliphatic carbocycles. The molecular weight excluding hydrogens is 232 g/mol. The van der Waals surface area contributed by atoms with Crippen LogP contribution in [0.1, 0.15) is 6.92 Å². The predicted molar refractivity (Wildman–Crippen MR) is 58.9 cm³/mol. The highest BCUT2D eigenvalue weighted by atomic mass is 32.2. The van der Waals surface area contributed by atoms with Crippen molar-refractivity contribution in [1.82, 2.24) is 0 Å². The molecule has 1 aromatic carbocycles. The van der Waals surface area contributed by atoms with E-state index in [1.54, 1.807) is 12.1 Å². The Bertz CT molecular complexity index is 400. The fourth-order valence-electron chi connectivity index (χ4n) is 0.976. The van der Waals surface area contributed by atoms with Gasteiger partial charge in [-0.05, 0) is 19.1 Å². The molecule has 0 saturated carbocycles. The van der Waals surface area contributed by atoms with E-state index in [0.29, 0.717) is 5.75 Å². The van der Waals surface area contributed by atoms with Crippen LogP contribution >= 0.6 is 0 Å². The Morgan fingerprint density at radius 3 is 2.44 bits per heavy atom. The van der Waals surface area contributed by atoms with Crippen molar-refractivity contribution in [2.24, 2.45) is 0 Å². The average molecular weight is 246 g/mol. The van der Waals surface area contributed by atoms with Gasteiger partial charge in [0.2, 0.25) is 0 Å². The molecule has 1 unspecified atom stereocenters. The van der Waals surface area contributed by atoms with E-state index in [1.807, 2.05) is 18.2 Å². The van der Waals surface area contributed by atoms with Crippen LogP contribution in [0.15, 0.2) is 30.3 Å². The van der Waals surface area contributed by atoms with E-state index in [9.17, 15) is 8.42 Å². The van der Waals surface area contributed by atoms with Crippen molar-refractivity contribution in [2.45, 2.75) is 12.4 Å². The summed E-state index contributed by atoms with van der Waals surface area (Å²) in [6.45, 7) is 1.58. The lowest BCUT2D eigenvalue weighted by atomic mass is 10.3. The Morgan fingerprint density at radius 1 is 1.25 bits per heavy atom. The first-order valence-corrected chi connectivity index (χ1v) is 6.26. The monoisotopic (exact) mass is 246 g/mol. The maximum absolute atomic E-state index is 10.6. The molecule has 0 aliphatic heterocycles. The van der Waals surface area contributed by atoms with Gasteiger partial charge in [0.15, 0.2) is 5.44 Å². The number of para-hydroxylation sites is 1. The summed E-state index contributed by atoms with van der Waals surface area (Å²) in [4.78, 5) is 0. The molecule has 0 bridgehead atoms. The molecule has 0 aromatic heterocycles. The molecule has 16 heavy (non-hydrogen) atoms. The number of rotatable bonds is 6. The van der Waals surface area contributed by atoms with Gasteiger partial charge in [0, 0.05) is 0 Å². The molecular formula is C10H14O5S. The van der Waals surface area contributed by atoms with Crippen molar-refractivity contribution in [3.8, 4) is 5.75 Å². The number of ether oxygens (including phenoxy) is 2. The largest absolute Gasteiger partial charge is 0.491 e. The van der Waals surface area contributed by atoms with Crippen molar-refractivity contribution < 1.29 is 22.4 Å². The lowest BCUT2D eigenvalue weighted by molar-refractivity contribution is 0.0816. The Kier molecular flexibility index (Phi) is 4.72. The second kappa shape index (κ2) is 5.83. The van der Waals surface area contributed by atoms with Crippen molar-refractivity contribution in [3.05, 3.63) is 30.3 Å². The molecule has 1 aromatic rings. The van der Waals surface area contributed by atoms with Crippen LogP contribution in [0.2, 0.25) is 0 Å². The maximum atomic E-state index is 10.6. The minimum Gasteiger partial charge on any atom is -0.491 e. The quantitative estimate of drug-likeness (QED) is 0.605. The number of hydrogen-bond donors (Lipinski definition) is 1. The molecule has 0 saturated heterocycles. The third-order valence-electron chi connectivity index (χ3n) is 1.87. The van der Waals surface area contributed by atoms with Gasteiger partial charge in [-0.1, -0.05) is 18.2 Å². The molecule has 0 radical (unpaired) electrons. The second-order valence-corrected chi connectivity index (χ2v) is 4.81. The van der Waals surface area contributed by atoms with E-state index in [-0.39, 0.29) is 13.2 Å². The van der Waals surface area contributed by atoms with Crippen LogP contribution in [-0.4, -0.2) is 31.6 Å². The van der Waals surface area contributed by atoms with E-state index < -0.39 is 15.6 Å². The van der Waals surface area contributed by atoms with E-state index in [2.05, 4.69) is 0 Å². The second-order valence-electron chi connectivity index (χ2n) is 3.11. The summed E-state index contributed by atoms with van der Waals surface area (Å²) in [5.74, 6) is 0.686. The first-order chi connectivity index (χ1) is 7.50. The lowest BCUT2D eigenvalue weighted by Gasteiger charge is -2.10. The fraction of sp³-hybridized carbons (Fsp3) is 0.400. The van der Waals surface area contributed by atoms with Crippen LogP contribution in [0.5, 0.6) is 5.75 Å². The molecule has 0 aliphatic rings. The fourth-order valence-corrected chi connectivity index (χ4v) is 1.24. The minimum absolute atomic E-state index is 0.0931. The molecule has 0 spiro atoms. The molecule has 0 amide bonds. The lowest BCUT2D eigenvalue weighted by Crippen LogP contribution is -2.22. The van der Waals surface area contributed by atoms with Crippen molar-refractivity contribution in [2.75, 3.05) is 13.2 Å². The average Bonchev–Trinajstić information content (AvgIpc) is 2.24. The van der Waals surface area contributed by atoms with E-state index in [1.165, 1.54) is 6.92 Å². The van der Waals surface area contributed by atoms with Crippen molar-refractivity contribution in [1.29, 1.82) is 0 Å². The van der Waals surface area contributed by atoms with E-state index >= 15 is 0 Å². The molecule has 90 valence electrons. The van der Waals surface area contributed by atoms with Crippen LogP contribution in [0.25, 0.3) is 0 Å². The van der Waals surface area contributed by atoms with Gasteiger partial charge >= 0.3 is 0 Å². The van der Waals surface area contributed by atoms with Crippen LogP contribution in [0.3, 0.4) is 0 Å². The van der Waals surface area contributed by atoms with Crippen LogP contribution in [0.4, 0.5) is 0 Å². The van der Waals surface area contributed by atoms with E-state index in [0.717, 1.165) is 0 Å². The normalized spacial score (nSPS) is 13.4. The standard InChI is InChI=1S/C10H14O5S/c1-9(16(11,12)13)14-7-8-15-10-5-3-2-4-6-10/h2-6,9H,7-8H2,1H3,(H,11,12,13). The topological polar surface area (TPSA) is 72.8 Å². The summed E-state index contributed by atoms with van der Waals surface area (Å²) < 4.78 is 39.9. The summed E-state index contributed by atoms with van der Waals surface area (Å²) in [5, 5.41) is 0. The highest BCUT2D eigenvalue weighted by molar-refractivity contribution is 7.86.